The Morgan fingerprint density at radius 1 is 1.37 bits per heavy atom. The quantitative estimate of drug-likeness (QED) is 0.727. The van der Waals surface area contributed by atoms with E-state index in [9.17, 15) is 9.90 Å². The molecule has 5 nitrogen and oxygen atoms in total. The SMILES string of the molecule is COC(=O)c1ccccc1OCC(O)CNC(C)C. The Bertz CT molecular complexity index is 406. The van der Waals surface area contributed by atoms with E-state index < -0.39 is 12.1 Å². The summed E-state index contributed by atoms with van der Waals surface area (Å²) in [6.45, 7) is 4.56. The van der Waals surface area contributed by atoms with Gasteiger partial charge in [0.05, 0.1) is 7.11 Å². The number of ether oxygens (including phenoxy) is 2. The molecule has 0 spiro atoms. The number of hydrogen-bond acceptors (Lipinski definition) is 5. The molecule has 0 saturated heterocycles. The number of para-hydroxylation sites is 1. The first kappa shape index (κ1) is 15.5. The van der Waals surface area contributed by atoms with Crippen molar-refractivity contribution in [1.29, 1.82) is 0 Å². The van der Waals surface area contributed by atoms with Crippen LogP contribution in [0.4, 0.5) is 0 Å². The molecule has 1 atom stereocenters. The van der Waals surface area contributed by atoms with Crippen LogP contribution >= 0.6 is 0 Å². The summed E-state index contributed by atoms with van der Waals surface area (Å²) in [6, 6.07) is 7.10. The second-order valence-electron chi connectivity index (χ2n) is 4.52. The third-order valence-electron chi connectivity index (χ3n) is 2.49. The van der Waals surface area contributed by atoms with Crippen LogP contribution in [0.1, 0.15) is 24.2 Å². The summed E-state index contributed by atoms with van der Waals surface area (Å²) in [5.74, 6) is -0.0386. The first-order valence-electron chi connectivity index (χ1n) is 6.26. The van der Waals surface area contributed by atoms with Crippen LogP contribution in [-0.4, -0.2) is 43.5 Å². The van der Waals surface area contributed by atoms with Crippen molar-refractivity contribution < 1.29 is 19.4 Å². The van der Waals surface area contributed by atoms with Gasteiger partial charge in [-0.05, 0) is 12.1 Å². The fourth-order valence-electron chi connectivity index (χ4n) is 1.49. The molecule has 0 radical (unpaired) electrons. The molecular formula is C14H21NO4. The van der Waals surface area contributed by atoms with Crippen molar-refractivity contribution in [3.8, 4) is 5.75 Å². The van der Waals surface area contributed by atoms with Gasteiger partial charge in [-0.1, -0.05) is 26.0 Å². The van der Waals surface area contributed by atoms with E-state index in [1.165, 1.54) is 7.11 Å². The summed E-state index contributed by atoms with van der Waals surface area (Å²) in [7, 11) is 1.32. The molecule has 1 aromatic rings. The van der Waals surface area contributed by atoms with Crippen LogP contribution in [0, 0.1) is 0 Å². The fourth-order valence-corrected chi connectivity index (χ4v) is 1.49. The van der Waals surface area contributed by atoms with Crippen LogP contribution in [-0.2, 0) is 4.74 Å². The Morgan fingerprint density at radius 3 is 2.68 bits per heavy atom. The monoisotopic (exact) mass is 267 g/mol. The number of aliphatic hydroxyl groups excluding tert-OH is 1. The molecule has 0 aliphatic carbocycles. The zero-order valence-corrected chi connectivity index (χ0v) is 11.6. The van der Waals surface area contributed by atoms with E-state index in [1.807, 2.05) is 13.8 Å². The molecular weight excluding hydrogens is 246 g/mol. The normalized spacial score (nSPS) is 12.3. The number of nitrogens with one attached hydrogen (secondary N) is 1. The number of hydrogen-bond donors (Lipinski definition) is 2. The maximum atomic E-state index is 11.5. The Labute approximate surface area is 113 Å². The molecule has 1 rings (SSSR count). The van der Waals surface area contributed by atoms with E-state index in [1.54, 1.807) is 24.3 Å². The molecule has 0 aliphatic rings. The maximum absolute atomic E-state index is 11.5. The highest BCUT2D eigenvalue weighted by Gasteiger charge is 2.13. The molecule has 19 heavy (non-hydrogen) atoms. The lowest BCUT2D eigenvalue weighted by molar-refractivity contribution is 0.0588. The average molecular weight is 267 g/mol. The van der Waals surface area contributed by atoms with Crippen LogP contribution < -0.4 is 10.1 Å². The molecule has 0 aliphatic heterocycles. The van der Waals surface area contributed by atoms with Gasteiger partial charge in [0.25, 0.3) is 0 Å². The lowest BCUT2D eigenvalue weighted by Crippen LogP contribution is -2.35. The number of aliphatic hydroxyl groups is 1. The third kappa shape index (κ3) is 5.28. The van der Waals surface area contributed by atoms with Gasteiger partial charge in [-0.2, -0.15) is 0 Å². The molecule has 2 N–H and O–H groups in total. The van der Waals surface area contributed by atoms with Crippen LogP contribution in [0.2, 0.25) is 0 Å². The number of methoxy groups -OCH3 is 1. The Hall–Kier alpha value is -1.59. The minimum atomic E-state index is -0.631. The highest BCUT2D eigenvalue weighted by atomic mass is 16.5. The van der Waals surface area contributed by atoms with Crippen molar-refractivity contribution in [2.45, 2.75) is 26.0 Å². The maximum Gasteiger partial charge on any atom is 0.341 e. The largest absolute Gasteiger partial charge is 0.490 e. The number of carbonyl (C=O) groups is 1. The van der Waals surface area contributed by atoms with Crippen molar-refractivity contribution in [2.75, 3.05) is 20.3 Å². The number of carbonyl (C=O) groups excluding carboxylic acids is 1. The lowest BCUT2D eigenvalue weighted by Gasteiger charge is -2.16. The molecule has 0 saturated carbocycles. The van der Waals surface area contributed by atoms with E-state index in [4.69, 9.17) is 4.74 Å². The van der Waals surface area contributed by atoms with Crippen molar-refractivity contribution in [1.82, 2.24) is 5.32 Å². The summed E-state index contributed by atoms with van der Waals surface area (Å²) in [6.07, 6.45) is -0.631. The van der Waals surface area contributed by atoms with Crippen molar-refractivity contribution in [3.63, 3.8) is 0 Å². The van der Waals surface area contributed by atoms with Crippen LogP contribution in [0.25, 0.3) is 0 Å². The van der Waals surface area contributed by atoms with Crippen molar-refractivity contribution in [3.05, 3.63) is 29.8 Å². The molecule has 0 heterocycles. The zero-order valence-electron chi connectivity index (χ0n) is 11.6. The van der Waals surface area contributed by atoms with Gasteiger partial charge in [0.1, 0.15) is 24.0 Å². The van der Waals surface area contributed by atoms with E-state index >= 15 is 0 Å². The molecule has 1 aromatic carbocycles. The Balaban J connectivity index is 2.55. The third-order valence-corrected chi connectivity index (χ3v) is 2.49. The van der Waals surface area contributed by atoms with Gasteiger partial charge < -0.3 is 19.9 Å². The van der Waals surface area contributed by atoms with Crippen LogP contribution in [0.5, 0.6) is 5.75 Å². The van der Waals surface area contributed by atoms with E-state index in [0.29, 0.717) is 23.9 Å². The molecule has 5 heteroatoms. The second kappa shape index (κ2) is 7.76. The summed E-state index contributed by atoms with van der Waals surface area (Å²) in [5.41, 5.74) is 0.356. The van der Waals surface area contributed by atoms with Gasteiger partial charge in [-0.3, -0.25) is 0 Å². The standard InChI is InChI=1S/C14H21NO4/c1-10(2)15-8-11(16)9-19-13-7-5-4-6-12(13)14(17)18-3/h4-7,10-11,15-16H,8-9H2,1-3H3. The van der Waals surface area contributed by atoms with Crippen LogP contribution in [0.3, 0.4) is 0 Å². The van der Waals surface area contributed by atoms with Gasteiger partial charge in [-0.15, -0.1) is 0 Å². The van der Waals surface area contributed by atoms with Gasteiger partial charge in [0.15, 0.2) is 0 Å². The van der Waals surface area contributed by atoms with E-state index in [0.717, 1.165) is 0 Å². The van der Waals surface area contributed by atoms with E-state index in [-0.39, 0.29) is 6.61 Å². The highest BCUT2D eigenvalue weighted by molar-refractivity contribution is 5.92. The lowest BCUT2D eigenvalue weighted by atomic mass is 10.2. The predicted molar refractivity (Wildman–Crippen MR) is 72.4 cm³/mol. The predicted octanol–water partition coefficient (Wildman–Crippen LogP) is 1.21. The molecule has 0 fully saturated rings. The number of benzene rings is 1. The first-order chi connectivity index (χ1) is 9.04. The number of rotatable bonds is 7. The Morgan fingerprint density at radius 2 is 2.05 bits per heavy atom. The smallest absolute Gasteiger partial charge is 0.341 e. The summed E-state index contributed by atoms with van der Waals surface area (Å²) < 4.78 is 10.1. The highest BCUT2D eigenvalue weighted by Crippen LogP contribution is 2.18. The molecule has 0 amide bonds. The van der Waals surface area contributed by atoms with Gasteiger partial charge in [0, 0.05) is 12.6 Å². The average Bonchev–Trinajstić information content (AvgIpc) is 2.42. The Kier molecular flexibility index (Phi) is 6.32. The van der Waals surface area contributed by atoms with Crippen LogP contribution in [0.15, 0.2) is 24.3 Å². The van der Waals surface area contributed by atoms with E-state index in [2.05, 4.69) is 10.1 Å². The van der Waals surface area contributed by atoms with Gasteiger partial charge in [0.2, 0.25) is 0 Å². The molecule has 0 aromatic heterocycles. The minimum Gasteiger partial charge on any atom is -0.490 e. The minimum absolute atomic E-state index is 0.119. The molecule has 106 valence electrons. The van der Waals surface area contributed by atoms with Gasteiger partial charge in [-0.25, -0.2) is 4.79 Å². The summed E-state index contributed by atoms with van der Waals surface area (Å²) in [5, 5.41) is 12.9. The first-order valence-corrected chi connectivity index (χ1v) is 6.26. The van der Waals surface area contributed by atoms with Crippen molar-refractivity contribution in [2.24, 2.45) is 0 Å². The second-order valence-corrected chi connectivity index (χ2v) is 4.52. The molecule has 1 unspecified atom stereocenters. The number of esters is 1. The summed E-state index contributed by atoms with van der Waals surface area (Å²) >= 11 is 0. The van der Waals surface area contributed by atoms with Crippen molar-refractivity contribution >= 4 is 5.97 Å². The molecule has 0 bridgehead atoms. The summed E-state index contributed by atoms with van der Waals surface area (Å²) in [4.78, 5) is 11.5. The topological polar surface area (TPSA) is 67.8 Å². The fraction of sp³-hybridized carbons (Fsp3) is 0.500. The zero-order chi connectivity index (χ0) is 14.3. The van der Waals surface area contributed by atoms with Gasteiger partial charge >= 0.3 is 5.97 Å².